The molecule has 2 atom stereocenters. The molecular weight excluding hydrogens is 943 g/mol. The van der Waals surface area contributed by atoms with Crippen LogP contribution in [0.4, 0.5) is 10.6 Å². The average Bonchev–Trinajstić information content (AvgIpc) is 3.88. The Balaban J connectivity index is 0.00000760. The summed E-state index contributed by atoms with van der Waals surface area (Å²) in [4.78, 5) is 96.3. The second-order valence-electron chi connectivity index (χ2n) is 18.6. The number of carbonyl (C=O) groups excluding carboxylic acids is 7. The van der Waals surface area contributed by atoms with Crippen LogP contribution in [0.3, 0.4) is 0 Å². The molecule has 3 heterocycles. The van der Waals surface area contributed by atoms with Crippen molar-refractivity contribution in [3.05, 3.63) is 124 Å². The molecule has 0 bridgehead atoms. The monoisotopic (exact) mass is 1000 g/mol. The van der Waals surface area contributed by atoms with E-state index in [1.165, 1.54) is 0 Å². The van der Waals surface area contributed by atoms with Gasteiger partial charge in [0.25, 0.3) is 17.7 Å². The Hall–Kier alpha value is -6.77. The van der Waals surface area contributed by atoms with E-state index in [9.17, 15) is 33.6 Å². The normalized spacial score (nSPS) is 16.4. The van der Waals surface area contributed by atoms with Crippen LogP contribution in [-0.4, -0.2) is 139 Å². The number of carbonyl (C=O) groups is 7. The molecule has 1 aromatic heterocycles. The smallest absolute Gasteiger partial charge is 0.319 e. The Morgan fingerprint density at radius 1 is 0.819 bits per heavy atom. The fourth-order valence-electron chi connectivity index (χ4n) is 9.28. The number of aromatic amines is 1. The number of nitrogens with zero attached hydrogens (tertiary/aromatic N) is 4. The number of likely N-dealkylation sites (N-methyl/N-ethyl adjacent to an activating group) is 1. The van der Waals surface area contributed by atoms with Gasteiger partial charge in [0.1, 0.15) is 18.1 Å². The maximum Gasteiger partial charge on any atom is 0.319 e. The van der Waals surface area contributed by atoms with Gasteiger partial charge in [-0.15, -0.1) is 0 Å². The van der Waals surface area contributed by atoms with Crippen LogP contribution < -0.4 is 15.4 Å². The highest BCUT2D eigenvalue weighted by Crippen LogP contribution is 2.41. The molecule has 1 fully saturated rings. The van der Waals surface area contributed by atoms with Crippen molar-refractivity contribution in [3.63, 3.8) is 0 Å². The Morgan fingerprint density at radius 3 is 2.18 bits per heavy atom. The summed E-state index contributed by atoms with van der Waals surface area (Å²) in [6.07, 6.45) is 0.746. The summed E-state index contributed by atoms with van der Waals surface area (Å²) in [5.41, 5.74) is 3.18. The number of hydrogen-bond donors (Lipinski definition) is 3. The van der Waals surface area contributed by atoms with Gasteiger partial charge in [-0.1, -0.05) is 54.6 Å². The standard InChI is InChI=1S/C53H59N7O11.H2S/c1-53(2)47-41(31-59(53)52(67)54-42(32-58(3)4)33-10-6-5-7-11-33)48(57-56-47)55-49(64)35-17-15-34(16-18-35)44(62)14-9-21-68-22-23-69-24-25-70-26-27-71-38-28-36-12-8-13-39-46(36)40(30-38)51(66)60(50(39)65)43-20-19-37(61)29-45(43)63;/h5-8,10-13,15-18,28,30,42-43H,9,14,19-27,29,31-32H2,1-4H3,(H,54,67)(H2,55,56,57,64);1H2/t42-,43?;/m1./s1. The summed E-state index contributed by atoms with van der Waals surface area (Å²) in [5.74, 6) is -1.45. The van der Waals surface area contributed by atoms with E-state index in [2.05, 4.69) is 20.8 Å². The van der Waals surface area contributed by atoms with Gasteiger partial charge >= 0.3 is 6.03 Å². The van der Waals surface area contributed by atoms with Crippen LogP contribution in [0.25, 0.3) is 10.8 Å². The van der Waals surface area contributed by atoms with E-state index in [1.54, 1.807) is 59.5 Å². The van der Waals surface area contributed by atoms with Crippen molar-refractivity contribution in [2.75, 3.05) is 72.2 Å². The van der Waals surface area contributed by atoms with Crippen molar-refractivity contribution in [2.24, 2.45) is 0 Å². The third kappa shape index (κ3) is 11.9. The molecule has 1 saturated carbocycles. The Bertz CT molecular complexity index is 2820. The third-order valence-corrected chi connectivity index (χ3v) is 13.0. The number of hydrogen-bond acceptors (Lipinski definition) is 13. The molecule has 5 aromatic rings. The summed E-state index contributed by atoms with van der Waals surface area (Å²) in [5, 5.41) is 14.7. The zero-order chi connectivity index (χ0) is 50.2. The van der Waals surface area contributed by atoms with Crippen LogP contribution in [-0.2, 0) is 35.9 Å². The highest BCUT2D eigenvalue weighted by atomic mass is 32.1. The molecule has 1 aliphatic carbocycles. The lowest BCUT2D eigenvalue weighted by Gasteiger charge is -2.34. The first-order chi connectivity index (χ1) is 34.2. The van der Waals surface area contributed by atoms with Crippen LogP contribution in [0, 0.1) is 0 Å². The van der Waals surface area contributed by atoms with Crippen molar-refractivity contribution in [1.82, 2.24) is 30.2 Å². The lowest BCUT2D eigenvalue weighted by molar-refractivity contribution is -0.132. The fourth-order valence-corrected chi connectivity index (χ4v) is 9.28. The molecule has 72 heavy (non-hydrogen) atoms. The maximum absolute atomic E-state index is 13.7. The molecule has 3 aliphatic rings. The second-order valence-corrected chi connectivity index (χ2v) is 18.6. The molecule has 0 saturated heterocycles. The lowest BCUT2D eigenvalue weighted by atomic mass is 9.87. The number of H-pyrrole nitrogens is 1. The number of ketones is 3. The van der Waals surface area contributed by atoms with E-state index < -0.39 is 35.1 Å². The molecule has 3 N–H and O–H groups in total. The number of ether oxygens (including phenoxy) is 4. The predicted molar refractivity (Wildman–Crippen MR) is 272 cm³/mol. The van der Waals surface area contributed by atoms with Crippen LogP contribution in [0.5, 0.6) is 5.75 Å². The van der Waals surface area contributed by atoms with E-state index in [0.29, 0.717) is 85.0 Å². The molecule has 4 aromatic carbocycles. The first-order valence-corrected chi connectivity index (χ1v) is 23.9. The van der Waals surface area contributed by atoms with E-state index >= 15 is 0 Å². The van der Waals surface area contributed by atoms with Crippen molar-refractivity contribution in [1.29, 1.82) is 0 Å². The zero-order valence-electron chi connectivity index (χ0n) is 40.9. The number of benzene rings is 4. The quantitative estimate of drug-likeness (QED) is 0.0298. The molecule has 0 spiro atoms. The highest BCUT2D eigenvalue weighted by molar-refractivity contribution is 7.59. The number of fused-ring (bicyclic) bond motifs is 1. The number of imide groups is 1. The summed E-state index contributed by atoms with van der Waals surface area (Å²) in [7, 11) is 3.92. The number of urea groups is 1. The van der Waals surface area contributed by atoms with Crippen LogP contribution in [0.2, 0.25) is 0 Å². The van der Waals surface area contributed by atoms with E-state index in [1.807, 2.05) is 63.2 Å². The molecule has 2 aliphatic heterocycles. The van der Waals surface area contributed by atoms with Gasteiger partial charge < -0.3 is 39.4 Å². The molecule has 19 heteroatoms. The van der Waals surface area contributed by atoms with E-state index in [-0.39, 0.29) is 88.1 Å². The number of Topliss-reactive ketones (excluding diaryl/α,β-unsaturated/α-hetero) is 3. The van der Waals surface area contributed by atoms with Gasteiger partial charge in [-0.2, -0.15) is 18.6 Å². The minimum atomic E-state index is -0.975. The summed E-state index contributed by atoms with van der Waals surface area (Å²) >= 11 is 0. The molecule has 18 nitrogen and oxygen atoms in total. The average molecular weight is 1000 g/mol. The fraction of sp³-hybridized carbons (Fsp3) is 0.396. The molecule has 5 amide bonds. The molecule has 8 rings (SSSR count). The third-order valence-electron chi connectivity index (χ3n) is 13.0. The van der Waals surface area contributed by atoms with Crippen LogP contribution in [0.1, 0.15) is 110 Å². The SMILES string of the molecule is CN(C)C[C@@H](NC(=O)N1Cc2c(NC(=O)c3ccc(C(=O)CCCOCCOCCOCCOc4cc5c6c(cccc6c4)C(=O)N(C4CCC(=O)CC4=O)C5=O)cc3)n[nH]c2C1(C)C)c1ccccc1.S. The minimum Gasteiger partial charge on any atom is -0.491 e. The summed E-state index contributed by atoms with van der Waals surface area (Å²) in [6.45, 7) is 6.88. The topological polar surface area (TPSA) is 219 Å². The van der Waals surface area contributed by atoms with Gasteiger partial charge in [0.05, 0.1) is 74.9 Å². The predicted octanol–water partition coefficient (Wildman–Crippen LogP) is 6.37. The van der Waals surface area contributed by atoms with Gasteiger partial charge in [0.15, 0.2) is 17.4 Å². The van der Waals surface area contributed by atoms with Crippen LogP contribution in [0.15, 0.2) is 84.9 Å². The number of rotatable bonds is 22. The minimum absolute atomic E-state index is 0. The number of amides is 5. The first kappa shape index (κ1) is 53.0. The summed E-state index contributed by atoms with van der Waals surface area (Å²) in [6, 6.07) is 23.3. The van der Waals surface area contributed by atoms with Gasteiger partial charge in [-0.25, -0.2) is 4.79 Å². The molecule has 0 radical (unpaired) electrons. The molecule has 380 valence electrons. The Morgan fingerprint density at radius 2 is 1.49 bits per heavy atom. The number of nitrogens with one attached hydrogen (secondary N) is 3. The van der Waals surface area contributed by atoms with Crippen molar-refractivity contribution in [2.45, 2.75) is 70.1 Å². The van der Waals surface area contributed by atoms with Crippen molar-refractivity contribution in [3.8, 4) is 5.75 Å². The van der Waals surface area contributed by atoms with Crippen molar-refractivity contribution >= 4 is 71.2 Å². The van der Waals surface area contributed by atoms with Gasteiger partial charge in [-0.3, -0.25) is 38.8 Å². The van der Waals surface area contributed by atoms with Gasteiger partial charge in [-0.05, 0) is 82.1 Å². The lowest BCUT2D eigenvalue weighted by Crippen LogP contribution is -2.52. The Labute approximate surface area is 424 Å². The summed E-state index contributed by atoms with van der Waals surface area (Å²) < 4.78 is 22.8. The highest BCUT2D eigenvalue weighted by Gasteiger charge is 2.45. The number of anilines is 1. The Kier molecular flexibility index (Phi) is 17.4. The maximum atomic E-state index is 13.7. The van der Waals surface area contributed by atoms with Gasteiger partial charge in [0.2, 0.25) is 0 Å². The molecule has 1 unspecified atom stereocenters. The van der Waals surface area contributed by atoms with E-state index in [0.717, 1.165) is 21.7 Å². The van der Waals surface area contributed by atoms with Gasteiger partial charge in [0, 0.05) is 53.6 Å². The first-order valence-electron chi connectivity index (χ1n) is 23.9. The largest absolute Gasteiger partial charge is 0.491 e. The zero-order valence-corrected chi connectivity index (χ0v) is 41.9. The van der Waals surface area contributed by atoms with Crippen LogP contribution >= 0.6 is 13.5 Å². The second kappa shape index (κ2) is 23.6. The van der Waals surface area contributed by atoms with Crippen molar-refractivity contribution < 1.29 is 52.5 Å². The van der Waals surface area contributed by atoms with E-state index in [4.69, 9.17) is 18.9 Å². The number of aromatic nitrogens is 2. The molecular formula is C53H61N7O11S.